The molecule has 1 aliphatic heterocycles. The molecule has 0 bridgehead atoms. The van der Waals surface area contributed by atoms with Crippen molar-refractivity contribution in [3.63, 3.8) is 0 Å². The molecule has 0 fully saturated rings. The molecule has 0 aliphatic carbocycles. The normalized spacial score (nSPS) is 15.0. The van der Waals surface area contributed by atoms with Gasteiger partial charge in [-0.15, -0.1) is 0 Å². The van der Waals surface area contributed by atoms with Crippen LogP contribution in [-0.4, -0.2) is 17.1 Å². The summed E-state index contributed by atoms with van der Waals surface area (Å²) in [5, 5.41) is 1.43. The summed E-state index contributed by atoms with van der Waals surface area (Å²) in [6, 6.07) is 15.0. The molecule has 0 saturated carbocycles. The van der Waals surface area contributed by atoms with Crippen molar-refractivity contribution in [2.45, 2.75) is 26.5 Å². The number of hydrogen-bond donors (Lipinski definition) is 0. The number of halogens is 4. The number of aromatic nitrogens is 1. The fourth-order valence-electron chi connectivity index (χ4n) is 4.45. The molecule has 0 radical (unpaired) electrons. The lowest BCUT2D eigenvalue weighted by Gasteiger charge is -2.24. The fourth-order valence-corrected chi connectivity index (χ4v) is 6.13. The first kappa shape index (κ1) is 29.1. The van der Waals surface area contributed by atoms with Crippen LogP contribution in [0.1, 0.15) is 36.6 Å². The number of benzene rings is 3. The number of ether oxygens (including phenoxy) is 2. The zero-order chi connectivity index (χ0) is 29.3. The Balaban J connectivity index is 1.61. The van der Waals surface area contributed by atoms with Gasteiger partial charge < -0.3 is 9.47 Å². The van der Waals surface area contributed by atoms with Crippen molar-refractivity contribution in [2.24, 2.45) is 4.99 Å². The van der Waals surface area contributed by atoms with Crippen molar-refractivity contribution in [3.8, 4) is 5.75 Å². The van der Waals surface area contributed by atoms with Gasteiger partial charge in [0.15, 0.2) is 4.80 Å². The fraction of sp³-hybridized carbons (Fsp3) is 0.167. The van der Waals surface area contributed by atoms with E-state index in [-0.39, 0.29) is 24.3 Å². The number of allylic oxidation sites excluding steroid dienone is 1. The van der Waals surface area contributed by atoms with Crippen molar-refractivity contribution in [2.75, 3.05) is 6.61 Å². The Hall–Kier alpha value is -3.43. The molecule has 41 heavy (non-hydrogen) atoms. The van der Waals surface area contributed by atoms with Crippen LogP contribution in [0.4, 0.5) is 4.39 Å². The number of carbonyl (C=O) groups excluding carboxylic acids is 1. The maximum atomic E-state index is 13.9. The minimum atomic E-state index is -0.852. The molecule has 0 amide bonds. The Morgan fingerprint density at radius 2 is 1.78 bits per heavy atom. The van der Waals surface area contributed by atoms with Crippen molar-refractivity contribution < 1.29 is 18.7 Å². The standard InChI is InChI=1S/C30H22Cl3FN2O4S/c1-3-39-29(38)26-16(2)35-30-36(27(26)17-5-9-22(34)10-6-17)28(37)25(41-30)13-19-12-20(31)8-11-24(19)40-15-18-4-7-21(32)14-23(18)33/h4-14,27H,3,15H2,1-2H3/b25-13-/t27-/m1/s1. The molecule has 0 spiro atoms. The largest absolute Gasteiger partial charge is 0.488 e. The second kappa shape index (κ2) is 12.2. The summed E-state index contributed by atoms with van der Waals surface area (Å²) in [7, 11) is 0. The van der Waals surface area contributed by atoms with Crippen molar-refractivity contribution in [1.29, 1.82) is 0 Å². The van der Waals surface area contributed by atoms with E-state index in [9.17, 15) is 14.0 Å². The van der Waals surface area contributed by atoms with E-state index in [2.05, 4.69) is 4.99 Å². The first-order valence-corrected chi connectivity index (χ1v) is 14.4. The molecule has 1 atom stereocenters. The van der Waals surface area contributed by atoms with E-state index in [0.717, 1.165) is 16.9 Å². The van der Waals surface area contributed by atoms with Gasteiger partial charge in [-0.25, -0.2) is 14.2 Å². The molecular weight excluding hydrogens is 610 g/mol. The second-order valence-corrected chi connectivity index (χ2v) is 11.3. The molecule has 4 aromatic rings. The summed E-state index contributed by atoms with van der Waals surface area (Å²) in [5.74, 6) is -0.554. The topological polar surface area (TPSA) is 69.9 Å². The molecule has 1 aliphatic rings. The highest BCUT2D eigenvalue weighted by molar-refractivity contribution is 7.07. The maximum Gasteiger partial charge on any atom is 0.338 e. The van der Waals surface area contributed by atoms with Crippen molar-refractivity contribution in [1.82, 2.24) is 4.57 Å². The number of esters is 1. The van der Waals surface area contributed by atoms with Crippen LogP contribution in [0.3, 0.4) is 0 Å². The predicted molar refractivity (Wildman–Crippen MR) is 159 cm³/mol. The van der Waals surface area contributed by atoms with Gasteiger partial charge in [-0.3, -0.25) is 9.36 Å². The Labute approximate surface area is 253 Å². The SMILES string of the molecule is CCOC(=O)C1=C(C)N=c2s/c(=C\c3cc(Cl)ccc3OCc3ccc(Cl)cc3Cl)c(=O)n2[C@@H]1c1ccc(F)cc1. The van der Waals surface area contributed by atoms with E-state index in [1.165, 1.54) is 16.7 Å². The molecule has 210 valence electrons. The van der Waals surface area contributed by atoms with Gasteiger partial charge in [0, 0.05) is 26.2 Å². The first-order chi connectivity index (χ1) is 19.7. The van der Waals surface area contributed by atoms with Crippen LogP contribution in [0, 0.1) is 5.82 Å². The highest BCUT2D eigenvalue weighted by atomic mass is 35.5. The number of carbonyl (C=O) groups is 1. The Bertz CT molecular complexity index is 1870. The van der Waals surface area contributed by atoms with Crippen LogP contribution in [0.25, 0.3) is 6.08 Å². The van der Waals surface area contributed by atoms with Crippen LogP contribution in [0.5, 0.6) is 5.75 Å². The Kier molecular flexibility index (Phi) is 8.66. The van der Waals surface area contributed by atoms with Crippen LogP contribution >= 0.6 is 46.1 Å². The maximum absolute atomic E-state index is 13.9. The molecule has 0 N–H and O–H groups in total. The van der Waals surface area contributed by atoms with Gasteiger partial charge in [0.1, 0.15) is 18.2 Å². The Morgan fingerprint density at radius 3 is 2.49 bits per heavy atom. The van der Waals surface area contributed by atoms with E-state index in [4.69, 9.17) is 44.3 Å². The second-order valence-electron chi connectivity index (χ2n) is 9.06. The summed E-state index contributed by atoms with van der Waals surface area (Å²) < 4.78 is 26.9. The highest BCUT2D eigenvalue weighted by Gasteiger charge is 2.33. The third-order valence-electron chi connectivity index (χ3n) is 6.36. The molecule has 11 heteroatoms. The van der Waals surface area contributed by atoms with Gasteiger partial charge in [0.2, 0.25) is 0 Å². The molecule has 2 heterocycles. The smallest absolute Gasteiger partial charge is 0.338 e. The monoisotopic (exact) mass is 630 g/mol. The van der Waals surface area contributed by atoms with Crippen LogP contribution in [-0.2, 0) is 16.1 Å². The average molecular weight is 632 g/mol. The third kappa shape index (κ3) is 6.11. The quantitative estimate of drug-likeness (QED) is 0.219. The van der Waals surface area contributed by atoms with Crippen LogP contribution in [0.2, 0.25) is 15.1 Å². The number of hydrogen-bond acceptors (Lipinski definition) is 6. The van der Waals surface area contributed by atoms with E-state index in [0.29, 0.717) is 47.0 Å². The third-order valence-corrected chi connectivity index (χ3v) is 8.16. The highest BCUT2D eigenvalue weighted by Crippen LogP contribution is 2.31. The molecule has 3 aromatic carbocycles. The molecule has 5 rings (SSSR count). The summed E-state index contributed by atoms with van der Waals surface area (Å²) >= 11 is 19.8. The summed E-state index contributed by atoms with van der Waals surface area (Å²) in [5.41, 5.74) is 2.08. The number of thiazole rings is 1. The zero-order valence-electron chi connectivity index (χ0n) is 21.8. The minimum Gasteiger partial charge on any atom is -0.488 e. The first-order valence-electron chi connectivity index (χ1n) is 12.5. The van der Waals surface area contributed by atoms with E-state index in [1.54, 1.807) is 68.5 Å². The number of rotatable bonds is 7. The summed E-state index contributed by atoms with van der Waals surface area (Å²) in [6.45, 7) is 3.69. The predicted octanol–water partition coefficient (Wildman–Crippen LogP) is 6.48. The number of fused-ring (bicyclic) bond motifs is 1. The molecule has 0 unspecified atom stereocenters. The van der Waals surface area contributed by atoms with Gasteiger partial charge >= 0.3 is 5.97 Å². The van der Waals surface area contributed by atoms with Gasteiger partial charge in [0.25, 0.3) is 5.56 Å². The van der Waals surface area contributed by atoms with Gasteiger partial charge in [-0.05, 0) is 68.0 Å². The van der Waals surface area contributed by atoms with E-state index < -0.39 is 17.8 Å². The number of nitrogens with zero attached hydrogens (tertiary/aromatic N) is 2. The van der Waals surface area contributed by atoms with Crippen molar-refractivity contribution in [3.05, 3.63) is 129 Å². The lowest BCUT2D eigenvalue weighted by Crippen LogP contribution is -2.39. The van der Waals surface area contributed by atoms with Gasteiger partial charge in [-0.1, -0.05) is 64.3 Å². The van der Waals surface area contributed by atoms with Gasteiger partial charge in [-0.2, -0.15) is 0 Å². The van der Waals surface area contributed by atoms with E-state index >= 15 is 0 Å². The zero-order valence-corrected chi connectivity index (χ0v) is 24.9. The molecule has 6 nitrogen and oxygen atoms in total. The van der Waals surface area contributed by atoms with Crippen molar-refractivity contribution >= 4 is 58.2 Å². The molecular formula is C30H22Cl3FN2O4S. The summed E-state index contributed by atoms with van der Waals surface area (Å²) in [4.78, 5) is 31.8. The van der Waals surface area contributed by atoms with E-state index in [1.807, 2.05) is 0 Å². The molecule has 0 saturated heterocycles. The average Bonchev–Trinajstić information content (AvgIpc) is 3.23. The lowest BCUT2D eigenvalue weighted by atomic mass is 9.96. The summed E-state index contributed by atoms with van der Waals surface area (Å²) in [6.07, 6.45) is 1.67. The lowest BCUT2D eigenvalue weighted by molar-refractivity contribution is -0.139. The minimum absolute atomic E-state index is 0.148. The Morgan fingerprint density at radius 1 is 1.07 bits per heavy atom. The molecule has 1 aromatic heterocycles. The van der Waals surface area contributed by atoms with Crippen LogP contribution < -0.4 is 19.6 Å². The van der Waals surface area contributed by atoms with Gasteiger partial charge in [0.05, 0.1) is 28.5 Å². The van der Waals surface area contributed by atoms with Crippen LogP contribution in [0.15, 0.2) is 81.7 Å².